The molecule has 1 fully saturated rings. The van der Waals surface area contributed by atoms with Crippen LogP contribution in [0.15, 0.2) is 42.6 Å². The Morgan fingerprint density at radius 2 is 1.83 bits per heavy atom. The number of likely N-dealkylation sites (tertiary alicyclic amines) is 1. The Bertz CT molecular complexity index is 1040. The standard InChI is InChI=1S/C23H26N4O2/c1-16-13-17(2)27(25-16)22-15-19(29-3)7-8-20(22)21-14-18(9-10-24-21)23(28)26-11-5-4-6-12-26/h7-10,13-15H,4-6,11-12H2,1-3H3. The summed E-state index contributed by atoms with van der Waals surface area (Å²) in [5, 5.41) is 4.63. The van der Waals surface area contributed by atoms with E-state index in [1.165, 1.54) is 6.42 Å². The minimum Gasteiger partial charge on any atom is -0.497 e. The lowest BCUT2D eigenvalue weighted by Crippen LogP contribution is -2.35. The normalized spacial score (nSPS) is 14.1. The predicted octanol–water partition coefficient (Wildman–Crippen LogP) is 4.19. The molecule has 1 aliphatic rings. The molecule has 6 nitrogen and oxygen atoms in total. The third-order valence-corrected chi connectivity index (χ3v) is 5.37. The van der Waals surface area contributed by atoms with Crippen molar-refractivity contribution in [3.63, 3.8) is 0 Å². The molecule has 4 rings (SSSR count). The van der Waals surface area contributed by atoms with Crippen LogP contribution < -0.4 is 4.74 Å². The largest absolute Gasteiger partial charge is 0.497 e. The van der Waals surface area contributed by atoms with Gasteiger partial charge in [0.1, 0.15) is 5.75 Å². The van der Waals surface area contributed by atoms with Gasteiger partial charge in [0, 0.05) is 42.2 Å². The van der Waals surface area contributed by atoms with Crippen molar-refractivity contribution in [3.05, 3.63) is 59.5 Å². The van der Waals surface area contributed by atoms with Crippen LogP contribution in [0.5, 0.6) is 5.75 Å². The molecule has 6 heteroatoms. The highest BCUT2D eigenvalue weighted by Crippen LogP contribution is 2.30. The Morgan fingerprint density at radius 1 is 1.03 bits per heavy atom. The Kier molecular flexibility index (Phi) is 5.34. The first-order chi connectivity index (χ1) is 14.1. The smallest absolute Gasteiger partial charge is 0.253 e. The molecule has 2 aromatic heterocycles. The molecule has 1 aromatic carbocycles. The molecule has 0 spiro atoms. The number of methoxy groups -OCH3 is 1. The number of carbonyl (C=O) groups excluding carboxylic acids is 1. The minimum atomic E-state index is 0.0783. The average Bonchev–Trinajstić information content (AvgIpc) is 3.11. The van der Waals surface area contributed by atoms with Crippen LogP contribution in [0.2, 0.25) is 0 Å². The molecule has 0 bridgehead atoms. The number of hydrogen-bond donors (Lipinski definition) is 0. The minimum absolute atomic E-state index is 0.0783. The summed E-state index contributed by atoms with van der Waals surface area (Å²) in [4.78, 5) is 19.5. The molecule has 3 heterocycles. The van der Waals surface area contributed by atoms with Gasteiger partial charge in [-0.3, -0.25) is 9.78 Å². The zero-order chi connectivity index (χ0) is 20.4. The second-order valence-electron chi connectivity index (χ2n) is 7.50. The van der Waals surface area contributed by atoms with E-state index in [1.807, 2.05) is 53.8 Å². The fraction of sp³-hybridized carbons (Fsp3) is 0.348. The summed E-state index contributed by atoms with van der Waals surface area (Å²) in [7, 11) is 1.65. The van der Waals surface area contributed by atoms with E-state index in [2.05, 4.69) is 10.1 Å². The molecule has 1 amide bonds. The number of ether oxygens (including phenoxy) is 1. The lowest BCUT2D eigenvalue weighted by molar-refractivity contribution is 0.0724. The highest BCUT2D eigenvalue weighted by atomic mass is 16.5. The topological polar surface area (TPSA) is 60.2 Å². The van der Waals surface area contributed by atoms with Crippen LogP contribution in [0, 0.1) is 13.8 Å². The zero-order valence-corrected chi connectivity index (χ0v) is 17.2. The maximum Gasteiger partial charge on any atom is 0.253 e. The number of amides is 1. The third-order valence-electron chi connectivity index (χ3n) is 5.37. The average molecular weight is 390 g/mol. The number of aromatic nitrogens is 3. The van der Waals surface area contributed by atoms with Crippen LogP contribution in [0.4, 0.5) is 0 Å². The summed E-state index contributed by atoms with van der Waals surface area (Å²) < 4.78 is 7.33. The maximum absolute atomic E-state index is 13.0. The van der Waals surface area contributed by atoms with Gasteiger partial charge in [-0.05, 0) is 63.4 Å². The number of nitrogens with zero attached hydrogens (tertiary/aromatic N) is 4. The second kappa shape index (κ2) is 8.07. The molecule has 1 saturated heterocycles. The van der Waals surface area contributed by atoms with Gasteiger partial charge < -0.3 is 9.64 Å². The van der Waals surface area contributed by atoms with Crippen LogP contribution in [-0.4, -0.2) is 45.8 Å². The van der Waals surface area contributed by atoms with E-state index >= 15 is 0 Å². The van der Waals surface area contributed by atoms with Crippen LogP contribution in [0.1, 0.15) is 41.0 Å². The van der Waals surface area contributed by atoms with Crippen molar-refractivity contribution in [3.8, 4) is 22.7 Å². The van der Waals surface area contributed by atoms with E-state index in [1.54, 1.807) is 19.4 Å². The van der Waals surface area contributed by atoms with Crippen molar-refractivity contribution in [2.24, 2.45) is 0 Å². The van der Waals surface area contributed by atoms with E-state index in [0.717, 1.165) is 60.0 Å². The summed E-state index contributed by atoms with van der Waals surface area (Å²) in [5.41, 5.74) is 5.18. The van der Waals surface area contributed by atoms with Crippen molar-refractivity contribution in [1.82, 2.24) is 19.7 Å². The molecule has 150 valence electrons. The van der Waals surface area contributed by atoms with E-state index in [0.29, 0.717) is 5.56 Å². The van der Waals surface area contributed by atoms with Crippen LogP contribution in [-0.2, 0) is 0 Å². The van der Waals surface area contributed by atoms with E-state index in [-0.39, 0.29) is 5.91 Å². The SMILES string of the molecule is COc1ccc(-c2cc(C(=O)N3CCCCC3)ccn2)c(-n2nc(C)cc2C)c1. The number of rotatable bonds is 4. The first kappa shape index (κ1) is 19.2. The molecule has 1 aliphatic heterocycles. The van der Waals surface area contributed by atoms with E-state index in [9.17, 15) is 4.79 Å². The Balaban J connectivity index is 1.77. The third kappa shape index (κ3) is 3.88. The number of pyridine rings is 1. The second-order valence-corrected chi connectivity index (χ2v) is 7.50. The van der Waals surface area contributed by atoms with Gasteiger partial charge >= 0.3 is 0 Å². The molecule has 0 unspecified atom stereocenters. The Morgan fingerprint density at radius 3 is 2.52 bits per heavy atom. The first-order valence-corrected chi connectivity index (χ1v) is 10.0. The summed E-state index contributed by atoms with van der Waals surface area (Å²) in [5.74, 6) is 0.825. The fourth-order valence-electron chi connectivity index (χ4n) is 3.89. The van der Waals surface area contributed by atoms with Crippen molar-refractivity contribution in [2.45, 2.75) is 33.1 Å². The van der Waals surface area contributed by atoms with E-state index in [4.69, 9.17) is 4.74 Å². The number of carbonyl (C=O) groups is 1. The van der Waals surface area contributed by atoms with Crippen molar-refractivity contribution in [2.75, 3.05) is 20.2 Å². The predicted molar refractivity (Wildman–Crippen MR) is 113 cm³/mol. The van der Waals surface area contributed by atoms with Crippen molar-refractivity contribution in [1.29, 1.82) is 0 Å². The molecule has 0 radical (unpaired) electrons. The molecule has 0 atom stereocenters. The lowest BCUT2D eigenvalue weighted by atomic mass is 10.0. The summed E-state index contributed by atoms with van der Waals surface area (Å²) in [6.07, 6.45) is 5.05. The van der Waals surface area contributed by atoms with Crippen LogP contribution >= 0.6 is 0 Å². The van der Waals surface area contributed by atoms with Gasteiger partial charge in [0.2, 0.25) is 0 Å². The number of piperidine rings is 1. The van der Waals surface area contributed by atoms with Gasteiger partial charge in [0.15, 0.2) is 0 Å². The molecule has 0 aliphatic carbocycles. The lowest BCUT2D eigenvalue weighted by Gasteiger charge is -2.26. The highest BCUT2D eigenvalue weighted by molar-refractivity contribution is 5.95. The summed E-state index contributed by atoms with van der Waals surface area (Å²) >= 11 is 0. The first-order valence-electron chi connectivity index (χ1n) is 10.0. The Hall–Kier alpha value is -3.15. The van der Waals surface area contributed by atoms with Gasteiger partial charge in [-0.25, -0.2) is 4.68 Å². The Labute approximate surface area is 171 Å². The van der Waals surface area contributed by atoms with Gasteiger partial charge in [0.05, 0.1) is 24.2 Å². The van der Waals surface area contributed by atoms with Gasteiger partial charge in [0.25, 0.3) is 5.91 Å². The van der Waals surface area contributed by atoms with Crippen molar-refractivity contribution < 1.29 is 9.53 Å². The zero-order valence-electron chi connectivity index (χ0n) is 17.2. The van der Waals surface area contributed by atoms with Crippen LogP contribution in [0.25, 0.3) is 16.9 Å². The monoisotopic (exact) mass is 390 g/mol. The van der Waals surface area contributed by atoms with Gasteiger partial charge in [-0.1, -0.05) is 0 Å². The number of aryl methyl sites for hydroxylation is 2. The van der Waals surface area contributed by atoms with E-state index < -0.39 is 0 Å². The number of hydrogen-bond acceptors (Lipinski definition) is 4. The summed E-state index contributed by atoms with van der Waals surface area (Å²) in [6.45, 7) is 5.65. The maximum atomic E-state index is 13.0. The molecule has 0 N–H and O–H groups in total. The fourth-order valence-corrected chi connectivity index (χ4v) is 3.89. The molecule has 0 saturated carbocycles. The van der Waals surface area contributed by atoms with Gasteiger partial charge in [-0.15, -0.1) is 0 Å². The quantitative estimate of drug-likeness (QED) is 0.670. The van der Waals surface area contributed by atoms with Crippen LogP contribution in [0.3, 0.4) is 0 Å². The highest BCUT2D eigenvalue weighted by Gasteiger charge is 2.20. The van der Waals surface area contributed by atoms with Gasteiger partial charge in [-0.2, -0.15) is 5.10 Å². The molecular formula is C23H26N4O2. The molecule has 3 aromatic rings. The van der Waals surface area contributed by atoms with Crippen molar-refractivity contribution >= 4 is 5.91 Å². The molecular weight excluding hydrogens is 364 g/mol. The summed E-state index contributed by atoms with van der Waals surface area (Å²) in [6, 6.07) is 11.6. The number of benzene rings is 1. The molecule has 29 heavy (non-hydrogen) atoms.